The van der Waals surface area contributed by atoms with Gasteiger partial charge in [0.15, 0.2) is 12.6 Å². The fraction of sp³-hybridized carbons (Fsp3) is 0.917. The topological polar surface area (TPSA) is 177 Å². The van der Waals surface area contributed by atoms with Gasteiger partial charge in [-0.25, -0.2) is 0 Å². The maximum atomic E-state index is 10.3. The van der Waals surface area contributed by atoms with Gasteiger partial charge in [-0.15, -0.1) is 0 Å². The summed E-state index contributed by atoms with van der Waals surface area (Å²) in [5.74, 6) is 0. The number of hydrogen-bond acceptors (Lipinski definition) is 10. The third-order valence-electron chi connectivity index (χ3n) is 3.47. The number of aliphatic hydroxyl groups excluding tert-OH is 7. The van der Waals surface area contributed by atoms with E-state index in [2.05, 4.69) is 0 Å². The number of rotatable bonds is 7. The van der Waals surface area contributed by atoms with E-state index >= 15 is 0 Å². The lowest BCUT2D eigenvalue weighted by atomic mass is 10.00. The van der Waals surface area contributed by atoms with Gasteiger partial charge in [0.2, 0.25) is 0 Å². The van der Waals surface area contributed by atoms with Crippen LogP contribution >= 0.6 is 0 Å². The van der Waals surface area contributed by atoms with Gasteiger partial charge in [-0.3, -0.25) is 0 Å². The van der Waals surface area contributed by atoms with Crippen molar-refractivity contribution in [3.63, 3.8) is 0 Å². The molecule has 1 rings (SSSR count). The Hall–Kier alpha value is -0.690. The summed E-state index contributed by atoms with van der Waals surface area (Å²) >= 11 is 0. The number of aliphatic hydroxyl groups is 7. The fourth-order valence-electron chi connectivity index (χ4n) is 1.95. The van der Waals surface area contributed by atoms with Crippen LogP contribution in [0.3, 0.4) is 0 Å². The molecule has 1 aliphatic rings. The highest BCUT2D eigenvalue weighted by Crippen LogP contribution is 2.22. The number of aldehydes is 1. The largest absolute Gasteiger partial charge is 0.388 e. The average Bonchev–Trinajstić information content (AvgIpc) is 2.52. The van der Waals surface area contributed by atoms with Crippen molar-refractivity contribution in [2.75, 3.05) is 6.61 Å². The molecule has 0 spiro atoms. The molecule has 0 radical (unpaired) electrons. The number of carbonyl (C=O) groups excluding carboxylic acids is 1. The summed E-state index contributed by atoms with van der Waals surface area (Å²) in [6.07, 6.45) is -14.0. The van der Waals surface area contributed by atoms with Crippen LogP contribution in [-0.4, -0.2) is 104 Å². The fourth-order valence-corrected chi connectivity index (χ4v) is 1.95. The highest BCUT2D eigenvalue weighted by atomic mass is 16.7. The smallest absolute Gasteiger partial charge is 0.186 e. The molecule has 9 atom stereocenters. The van der Waals surface area contributed by atoms with E-state index in [4.69, 9.17) is 14.6 Å². The molecule has 0 bridgehead atoms. The Balaban J connectivity index is 2.52. The Morgan fingerprint density at radius 3 is 2.18 bits per heavy atom. The summed E-state index contributed by atoms with van der Waals surface area (Å²) in [6, 6.07) is 0. The van der Waals surface area contributed by atoms with Gasteiger partial charge in [-0.1, -0.05) is 0 Å². The zero-order chi connectivity index (χ0) is 17.0. The van der Waals surface area contributed by atoms with Crippen LogP contribution in [0.15, 0.2) is 0 Å². The van der Waals surface area contributed by atoms with Crippen molar-refractivity contribution in [1.82, 2.24) is 0 Å². The molecule has 0 saturated carbocycles. The van der Waals surface area contributed by atoms with Crippen molar-refractivity contribution in [3.05, 3.63) is 0 Å². The lowest BCUT2D eigenvalue weighted by Gasteiger charge is -2.39. The molecule has 22 heavy (non-hydrogen) atoms. The molecule has 1 fully saturated rings. The van der Waals surface area contributed by atoms with E-state index in [1.54, 1.807) is 0 Å². The molecule has 0 unspecified atom stereocenters. The summed E-state index contributed by atoms with van der Waals surface area (Å²) in [5.41, 5.74) is 0. The summed E-state index contributed by atoms with van der Waals surface area (Å²) in [4.78, 5) is 10.3. The minimum Gasteiger partial charge on any atom is -0.388 e. The molecule has 10 nitrogen and oxygen atoms in total. The third-order valence-corrected chi connectivity index (χ3v) is 3.47. The van der Waals surface area contributed by atoms with Crippen LogP contribution in [0, 0.1) is 0 Å². The Kier molecular flexibility index (Phi) is 7.25. The Morgan fingerprint density at radius 2 is 1.64 bits per heavy atom. The summed E-state index contributed by atoms with van der Waals surface area (Å²) in [6.45, 7) is 0.812. The molecular weight excluding hydrogens is 304 g/mol. The zero-order valence-corrected chi connectivity index (χ0v) is 11.8. The molecule has 0 aromatic rings. The second-order valence-corrected chi connectivity index (χ2v) is 5.19. The maximum Gasteiger partial charge on any atom is 0.186 e. The Labute approximate surface area is 126 Å². The van der Waals surface area contributed by atoms with E-state index in [0.717, 1.165) is 0 Å². The molecule has 0 aliphatic carbocycles. The first-order chi connectivity index (χ1) is 10.2. The van der Waals surface area contributed by atoms with Crippen LogP contribution in [0.4, 0.5) is 0 Å². The second kappa shape index (κ2) is 8.24. The monoisotopic (exact) mass is 326 g/mol. The quantitative estimate of drug-likeness (QED) is 0.225. The highest BCUT2D eigenvalue weighted by molar-refractivity contribution is 5.56. The number of ether oxygens (including phenoxy) is 2. The van der Waals surface area contributed by atoms with Crippen molar-refractivity contribution in [2.45, 2.75) is 62.0 Å². The lowest BCUT2D eigenvalue weighted by Crippen LogP contribution is -2.58. The predicted octanol–water partition coefficient (Wildman–Crippen LogP) is -4.53. The van der Waals surface area contributed by atoms with Gasteiger partial charge in [-0.05, 0) is 6.92 Å². The average molecular weight is 326 g/mol. The molecule has 1 aliphatic heterocycles. The molecule has 0 aromatic carbocycles. The second-order valence-electron chi connectivity index (χ2n) is 5.19. The van der Waals surface area contributed by atoms with Crippen molar-refractivity contribution in [2.24, 2.45) is 0 Å². The van der Waals surface area contributed by atoms with Gasteiger partial charge in [0.1, 0.15) is 42.7 Å². The van der Waals surface area contributed by atoms with Gasteiger partial charge >= 0.3 is 0 Å². The van der Waals surface area contributed by atoms with Gasteiger partial charge in [0.25, 0.3) is 0 Å². The van der Waals surface area contributed by atoms with Crippen LogP contribution < -0.4 is 0 Å². The van der Waals surface area contributed by atoms with E-state index in [-0.39, 0.29) is 6.29 Å². The van der Waals surface area contributed by atoms with E-state index < -0.39 is 61.7 Å². The molecular formula is C12H22O10. The van der Waals surface area contributed by atoms with E-state index in [1.165, 1.54) is 6.92 Å². The standard InChI is InChI=1S/C12H22O10/c1-4-7(16)10(19)11(20)12(22-4)21-3-6(15)9(18)8(17)5(14)2-13/h2,4-12,14-20H,3H2,1H3/t4-,5+,6-,7+,8+,9-,10-,11-,12+/m0/s1. The molecule has 10 heteroatoms. The van der Waals surface area contributed by atoms with Crippen LogP contribution in [0.25, 0.3) is 0 Å². The van der Waals surface area contributed by atoms with Crippen LogP contribution in [0.5, 0.6) is 0 Å². The lowest BCUT2D eigenvalue weighted by molar-refractivity contribution is -0.299. The zero-order valence-electron chi connectivity index (χ0n) is 11.8. The van der Waals surface area contributed by atoms with E-state index in [9.17, 15) is 35.4 Å². The minimum atomic E-state index is -1.92. The number of carbonyl (C=O) groups is 1. The predicted molar refractivity (Wildman–Crippen MR) is 68.4 cm³/mol. The normalized spacial score (nSPS) is 38.1. The third kappa shape index (κ3) is 4.41. The SMILES string of the molecule is C[C@@H]1O[C@@H](OC[C@H](O)[C@H](O)[C@H](O)[C@H](O)C=O)[C@@H](O)[C@@H](O)[C@@H]1O. The van der Waals surface area contributed by atoms with Gasteiger partial charge < -0.3 is 50.0 Å². The van der Waals surface area contributed by atoms with E-state index in [1.807, 2.05) is 0 Å². The van der Waals surface area contributed by atoms with Gasteiger partial charge in [0, 0.05) is 0 Å². The van der Waals surface area contributed by atoms with Crippen LogP contribution in [0.1, 0.15) is 6.92 Å². The molecule has 1 saturated heterocycles. The molecule has 1 heterocycles. The van der Waals surface area contributed by atoms with Gasteiger partial charge in [-0.2, -0.15) is 0 Å². The molecule has 0 amide bonds. The first-order valence-electron chi connectivity index (χ1n) is 6.69. The number of hydrogen-bond donors (Lipinski definition) is 7. The van der Waals surface area contributed by atoms with Gasteiger partial charge in [0.05, 0.1) is 12.7 Å². The molecule has 130 valence electrons. The summed E-state index contributed by atoms with van der Waals surface area (Å²) in [5, 5.41) is 66.3. The van der Waals surface area contributed by atoms with E-state index in [0.29, 0.717) is 0 Å². The summed E-state index contributed by atoms with van der Waals surface area (Å²) < 4.78 is 10.1. The van der Waals surface area contributed by atoms with Crippen molar-refractivity contribution in [1.29, 1.82) is 0 Å². The minimum absolute atomic E-state index is 0.00507. The Bertz CT molecular complexity index is 353. The van der Waals surface area contributed by atoms with Crippen molar-refractivity contribution < 1.29 is 50.0 Å². The Morgan fingerprint density at radius 1 is 1.05 bits per heavy atom. The maximum absolute atomic E-state index is 10.3. The van der Waals surface area contributed by atoms with Crippen molar-refractivity contribution >= 4 is 6.29 Å². The van der Waals surface area contributed by atoms with Crippen LogP contribution in [0.2, 0.25) is 0 Å². The summed E-state index contributed by atoms with van der Waals surface area (Å²) in [7, 11) is 0. The molecule has 7 N–H and O–H groups in total. The van der Waals surface area contributed by atoms with Crippen LogP contribution in [-0.2, 0) is 14.3 Å². The highest BCUT2D eigenvalue weighted by Gasteiger charge is 2.43. The molecule has 0 aromatic heterocycles. The first-order valence-corrected chi connectivity index (χ1v) is 6.69. The first kappa shape index (κ1) is 19.4. The van der Waals surface area contributed by atoms with Crippen molar-refractivity contribution in [3.8, 4) is 0 Å².